The second-order valence-corrected chi connectivity index (χ2v) is 6.92. The van der Waals surface area contributed by atoms with Crippen LogP contribution in [-0.4, -0.2) is 87.7 Å². The summed E-state index contributed by atoms with van der Waals surface area (Å²) < 4.78 is 18.9. The maximum absolute atomic E-state index is 13.9. The van der Waals surface area contributed by atoms with Crippen LogP contribution in [-0.2, 0) is 6.54 Å². The van der Waals surface area contributed by atoms with Gasteiger partial charge in [-0.2, -0.15) is 0 Å². The molecule has 1 unspecified atom stereocenters. The molecule has 6 nitrogen and oxygen atoms in total. The van der Waals surface area contributed by atoms with Crippen molar-refractivity contribution in [3.8, 4) is 5.75 Å². The van der Waals surface area contributed by atoms with E-state index in [9.17, 15) is 4.39 Å². The van der Waals surface area contributed by atoms with Crippen LogP contribution in [0.2, 0.25) is 0 Å². The van der Waals surface area contributed by atoms with Crippen molar-refractivity contribution in [1.82, 2.24) is 20.0 Å². The van der Waals surface area contributed by atoms with Crippen molar-refractivity contribution in [3.05, 3.63) is 29.6 Å². The molecule has 1 N–H and O–H groups in total. The number of nitrogens with zero attached hydrogens (tertiary/aromatic N) is 4. The summed E-state index contributed by atoms with van der Waals surface area (Å²) in [5.74, 6) is 0.763. The van der Waals surface area contributed by atoms with Crippen molar-refractivity contribution in [2.45, 2.75) is 19.5 Å². The quantitative estimate of drug-likeness (QED) is 0.611. The highest BCUT2D eigenvalue weighted by atomic mass is 19.1. The standard InChI is InChI=1S/C19H32FN5O/c1-6-21-19(22-12-16-14-23(2)9-10-24(16)3)25(4)13-15-7-8-18(26-5)17(20)11-15/h7-8,11,16H,6,9-10,12-14H2,1-5H3,(H,21,22). The van der Waals surface area contributed by atoms with Crippen LogP contribution >= 0.6 is 0 Å². The predicted octanol–water partition coefficient (Wildman–Crippen LogP) is 1.48. The molecule has 1 fully saturated rings. The van der Waals surface area contributed by atoms with Crippen molar-refractivity contribution in [3.63, 3.8) is 0 Å². The molecule has 0 radical (unpaired) electrons. The van der Waals surface area contributed by atoms with Gasteiger partial charge in [0.1, 0.15) is 0 Å². The topological polar surface area (TPSA) is 43.3 Å². The van der Waals surface area contributed by atoms with Gasteiger partial charge in [-0.05, 0) is 38.7 Å². The Bertz CT molecular complexity index is 610. The Morgan fingerprint density at radius 2 is 2.15 bits per heavy atom. The number of likely N-dealkylation sites (N-methyl/N-ethyl adjacent to an activating group) is 2. The third kappa shape index (κ3) is 5.57. The Morgan fingerprint density at radius 1 is 1.38 bits per heavy atom. The van der Waals surface area contributed by atoms with E-state index in [-0.39, 0.29) is 11.6 Å². The molecular weight excluding hydrogens is 333 g/mol. The number of aliphatic imine (C=N–C) groups is 1. The maximum atomic E-state index is 13.9. The molecule has 1 saturated heterocycles. The van der Waals surface area contributed by atoms with Gasteiger partial charge in [0, 0.05) is 45.8 Å². The van der Waals surface area contributed by atoms with Gasteiger partial charge in [0.15, 0.2) is 17.5 Å². The van der Waals surface area contributed by atoms with E-state index in [0.717, 1.165) is 44.2 Å². The summed E-state index contributed by atoms with van der Waals surface area (Å²) in [6.07, 6.45) is 0. The lowest BCUT2D eigenvalue weighted by molar-refractivity contribution is 0.119. The molecule has 0 bridgehead atoms. The molecule has 0 amide bonds. The second kappa shape index (κ2) is 9.73. The average Bonchev–Trinajstić information content (AvgIpc) is 2.61. The Morgan fingerprint density at radius 3 is 2.81 bits per heavy atom. The third-order valence-corrected chi connectivity index (χ3v) is 4.76. The van der Waals surface area contributed by atoms with Gasteiger partial charge >= 0.3 is 0 Å². The Balaban J connectivity index is 2.03. The Hall–Kier alpha value is -1.86. The molecule has 0 saturated carbocycles. The summed E-state index contributed by atoms with van der Waals surface area (Å²) >= 11 is 0. The zero-order valence-corrected chi connectivity index (χ0v) is 16.6. The third-order valence-electron chi connectivity index (χ3n) is 4.76. The minimum Gasteiger partial charge on any atom is -0.494 e. The first kappa shape index (κ1) is 20.5. The molecule has 146 valence electrons. The molecule has 0 spiro atoms. The normalized spacial score (nSPS) is 19.5. The van der Waals surface area contributed by atoms with E-state index < -0.39 is 0 Å². The summed E-state index contributed by atoms with van der Waals surface area (Å²) in [6, 6.07) is 5.47. The molecule has 1 aromatic carbocycles. The summed E-state index contributed by atoms with van der Waals surface area (Å²) in [7, 11) is 7.75. The lowest BCUT2D eigenvalue weighted by Gasteiger charge is -2.37. The molecule has 1 heterocycles. The van der Waals surface area contributed by atoms with Crippen molar-refractivity contribution in [1.29, 1.82) is 0 Å². The van der Waals surface area contributed by atoms with Crippen LogP contribution in [0.3, 0.4) is 0 Å². The van der Waals surface area contributed by atoms with Crippen LogP contribution in [0.5, 0.6) is 5.75 Å². The van der Waals surface area contributed by atoms with Gasteiger partial charge in [0.25, 0.3) is 0 Å². The zero-order chi connectivity index (χ0) is 19.1. The van der Waals surface area contributed by atoms with E-state index >= 15 is 0 Å². The van der Waals surface area contributed by atoms with Crippen molar-refractivity contribution in [2.75, 3.05) is 61.0 Å². The van der Waals surface area contributed by atoms with Gasteiger partial charge in [0.2, 0.25) is 0 Å². The van der Waals surface area contributed by atoms with Crippen LogP contribution in [0, 0.1) is 5.82 Å². The molecule has 0 aliphatic carbocycles. The van der Waals surface area contributed by atoms with Crippen molar-refractivity contribution >= 4 is 5.96 Å². The maximum Gasteiger partial charge on any atom is 0.194 e. The van der Waals surface area contributed by atoms with Crippen LogP contribution in [0.15, 0.2) is 23.2 Å². The van der Waals surface area contributed by atoms with Crippen molar-refractivity contribution < 1.29 is 9.13 Å². The highest BCUT2D eigenvalue weighted by Gasteiger charge is 2.22. The second-order valence-electron chi connectivity index (χ2n) is 6.92. The lowest BCUT2D eigenvalue weighted by Crippen LogP contribution is -2.51. The van der Waals surface area contributed by atoms with Gasteiger partial charge in [0.05, 0.1) is 13.7 Å². The van der Waals surface area contributed by atoms with Gasteiger partial charge in [-0.15, -0.1) is 0 Å². The minimum atomic E-state index is -0.341. The van der Waals surface area contributed by atoms with Crippen LogP contribution < -0.4 is 10.1 Å². The molecule has 26 heavy (non-hydrogen) atoms. The van der Waals surface area contributed by atoms with E-state index in [1.165, 1.54) is 13.2 Å². The fourth-order valence-corrected chi connectivity index (χ4v) is 3.12. The van der Waals surface area contributed by atoms with Crippen LogP contribution in [0.25, 0.3) is 0 Å². The molecule has 0 aromatic heterocycles. The van der Waals surface area contributed by atoms with E-state index in [0.29, 0.717) is 12.6 Å². The first-order chi connectivity index (χ1) is 12.4. The van der Waals surface area contributed by atoms with E-state index in [2.05, 4.69) is 36.1 Å². The van der Waals surface area contributed by atoms with Crippen molar-refractivity contribution in [2.24, 2.45) is 4.99 Å². The number of rotatable bonds is 6. The lowest BCUT2D eigenvalue weighted by atomic mass is 10.2. The predicted molar refractivity (Wildman–Crippen MR) is 104 cm³/mol. The van der Waals surface area contributed by atoms with Gasteiger partial charge < -0.3 is 19.9 Å². The van der Waals surface area contributed by atoms with Gasteiger partial charge in [-0.3, -0.25) is 9.89 Å². The number of ether oxygens (including phenoxy) is 1. The number of hydrogen-bond donors (Lipinski definition) is 1. The fourth-order valence-electron chi connectivity index (χ4n) is 3.12. The fraction of sp³-hybridized carbons (Fsp3) is 0.632. The molecule has 1 atom stereocenters. The van der Waals surface area contributed by atoms with Crippen LogP contribution in [0.1, 0.15) is 12.5 Å². The van der Waals surface area contributed by atoms with Crippen LogP contribution in [0.4, 0.5) is 4.39 Å². The Labute approximate surface area is 156 Å². The Kier molecular flexibility index (Phi) is 7.66. The summed E-state index contributed by atoms with van der Waals surface area (Å²) in [4.78, 5) is 11.6. The molecular formula is C19H32FN5O. The van der Waals surface area contributed by atoms with E-state index in [4.69, 9.17) is 9.73 Å². The zero-order valence-electron chi connectivity index (χ0n) is 16.6. The minimum absolute atomic E-state index is 0.265. The van der Waals surface area contributed by atoms with E-state index in [1.54, 1.807) is 6.07 Å². The monoisotopic (exact) mass is 365 g/mol. The van der Waals surface area contributed by atoms with Gasteiger partial charge in [-0.25, -0.2) is 4.39 Å². The number of methoxy groups -OCH3 is 1. The number of guanidine groups is 1. The number of nitrogens with one attached hydrogen (secondary N) is 1. The molecule has 1 aromatic rings. The number of piperazine rings is 1. The summed E-state index contributed by atoms with van der Waals surface area (Å²) in [5, 5.41) is 3.33. The molecule has 1 aliphatic heterocycles. The summed E-state index contributed by atoms with van der Waals surface area (Å²) in [5.41, 5.74) is 0.880. The number of halogens is 1. The average molecular weight is 365 g/mol. The highest BCUT2D eigenvalue weighted by Crippen LogP contribution is 2.18. The summed E-state index contributed by atoms with van der Waals surface area (Å²) in [6.45, 7) is 7.34. The molecule has 1 aliphatic rings. The number of benzene rings is 1. The first-order valence-corrected chi connectivity index (χ1v) is 9.15. The number of hydrogen-bond acceptors (Lipinski definition) is 4. The molecule has 2 rings (SSSR count). The SMILES string of the molecule is CCNC(=NCC1CN(C)CCN1C)N(C)Cc1ccc(OC)c(F)c1. The first-order valence-electron chi connectivity index (χ1n) is 9.15. The smallest absolute Gasteiger partial charge is 0.194 e. The largest absolute Gasteiger partial charge is 0.494 e. The highest BCUT2D eigenvalue weighted by molar-refractivity contribution is 5.79. The van der Waals surface area contributed by atoms with E-state index in [1.807, 2.05) is 18.0 Å². The van der Waals surface area contributed by atoms with Gasteiger partial charge in [-0.1, -0.05) is 6.07 Å². The molecule has 7 heteroatoms.